The molecule has 0 fully saturated rings. The van der Waals surface area contributed by atoms with Crippen LogP contribution in [0.3, 0.4) is 0 Å². The van der Waals surface area contributed by atoms with E-state index in [-0.39, 0.29) is 16.7 Å². The van der Waals surface area contributed by atoms with Gasteiger partial charge in [0.05, 0.1) is 30.1 Å². The molecule has 2 N–H and O–H groups in total. The highest BCUT2D eigenvalue weighted by atomic mass is 35.5. The quantitative estimate of drug-likeness (QED) is 0.597. The summed E-state index contributed by atoms with van der Waals surface area (Å²) in [5.74, 6) is -0.451. The Labute approximate surface area is 165 Å². The van der Waals surface area contributed by atoms with Gasteiger partial charge in [-0.1, -0.05) is 23.2 Å². The molecule has 1 aliphatic heterocycles. The van der Waals surface area contributed by atoms with E-state index in [4.69, 9.17) is 27.9 Å². The molecule has 0 spiro atoms. The number of likely N-dealkylation sites (N-methyl/N-ethyl adjacent to an activating group) is 1. The molecule has 8 heteroatoms. The van der Waals surface area contributed by atoms with E-state index >= 15 is 0 Å². The molecule has 26 heavy (non-hydrogen) atoms. The number of ether oxygens (including phenoxy) is 1. The number of aromatic hydroxyl groups is 1. The first-order valence-electron chi connectivity index (χ1n) is 8.25. The Kier molecular flexibility index (Phi) is 5.87. The number of fused-ring (bicyclic) bond motifs is 1. The number of aliphatic imine (C=N–C) groups is 1. The number of nitrogens with zero attached hydrogens (tertiary/aromatic N) is 1. The number of esters is 1. The number of nitrogens with one attached hydrogen (secondary N) is 1. The van der Waals surface area contributed by atoms with Gasteiger partial charge in [-0.15, -0.1) is 11.3 Å². The van der Waals surface area contributed by atoms with Crippen molar-refractivity contribution in [3.05, 3.63) is 43.7 Å². The molecule has 0 amide bonds. The molecule has 0 aliphatic carbocycles. The number of phenols is 1. The fraction of sp³-hybridized carbons (Fsp3) is 0.333. The van der Waals surface area contributed by atoms with Crippen LogP contribution in [0.1, 0.15) is 33.3 Å². The fourth-order valence-corrected chi connectivity index (χ4v) is 4.73. The van der Waals surface area contributed by atoms with Gasteiger partial charge < -0.3 is 14.7 Å². The second-order valence-corrected chi connectivity index (χ2v) is 8.05. The third-order valence-corrected chi connectivity index (χ3v) is 5.84. The lowest BCUT2D eigenvalue weighted by atomic mass is 10.0. The van der Waals surface area contributed by atoms with Crippen LogP contribution in [-0.4, -0.2) is 37.5 Å². The predicted molar refractivity (Wildman–Crippen MR) is 105 cm³/mol. The highest BCUT2D eigenvalue weighted by Gasteiger charge is 2.29. The lowest BCUT2D eigenvalue weighted by molar-refractivity contribution is -0.895. The van der Waals surface area contributed by atoms with Gasteiger partial charge in [0.1, 0.15) is 22.9 Å². The van der Waals surface area contributed by atoms with Crippen LogP contribution in [0.25, 0.3) is 0 Å². The summed E-state index contributed by atoms with van der Waals surface area (Å²) in [4.78, 5) is 19.5. The average molecular weight is 414 g/mol. The van der Waals surface area contributed by atoms with E-state index in [2.05, 4.69) is 12.0 Å². The number of hydrogen-bond acceptors (Lipinski definition) is 5. The maximum atomic E-state index is 12.5. The minimum atomic E-state index is -0.356. The summed E-state index contributed by atoms with van der Waals surface area (Å²) in [7, 11) is 2.13. The van der Waals surface area contributed by atoms with Crippen LogP contribution in [0.5, 0.6) is 5.75 Å². The Balaban J connectivity index is 2.03. The normalized spacial score (nSPS) is 16.7. The van der Waals surface area contributed by atoms with Crippen molar-refractivity contribution >= 4 is 51.7 Å². The van der Waals surface area contributed by atoms with Crippen LogP contribution in [0, 0.1) is 0 Å². The Morgan fingerprint density at radius 1 is 1.46 bits per heavy atom. The van der Waals surface area contributed by atoms with E-state index in [1.807, 2.05) is 0 Å². The minimum Gasteiger partial charge on any atom is -0.506 e. The number of carbonyl (C=O) groups is 1. The van der Waals surface area contributed by atoms with Crippen molar-refractivity contribution in [1.82, 2.24) is 0 Å². The number of rotatable bonds is 4. The third kappa shape index (κ3) is 3.88. The molecule has 138 valence electrons. The summed E-state index contributed by atoms with van der Waals surface area (Å²) < 4.78 is 5.23. The molecule has 0 saturated carbocycles. The Bertz CT molecular complexity index is 880. The van der Waals surface area contributed by atoms with E-state index in [9.17, 15) is 9.90 Å². The molecule has 3 rings (SSSR count). The van der Waals surface area contributed by atoms with Gasteiger partial charge in [-0.2, -0.15) is 0 Å². The zero-order valence-corrected chi connectivity index (χ0v) is 16.8. The molecule has 1 atom stereocenters. The monoisotopic (exact) mass is 413 g/mol. The molecule has 1 aromatic heterocycles. The van der Waals surface area contributed by atoms with Crippen LogP contribution >= 0.6 is 34.5 Å². The lowest BCUT2D eigenvalue weighted by Gasteiger charge is -2.19. The predicted octanol–water partition coefficient (Wildman–Crippen LogP) is 3.26. The van der Waals surface area contributed by atoms with Crippen LogP contribution in [0.4, 0.5) is 5.00 Å². The molecule has 5 nitrogen and oxygen atoms in total. The van der Waals surface area contributed by atoms with Gasteiger partial charge >= 0.3 is 5.97 Å². The van der Waals surface area contributed by atoms with Gasteiger partial charge in [-0.25, -0.2) is 9.79 Å². The largest absolute Gasteiger partial charge is 0.506 e. The fourth-order valence-electron chi connectivity index (χ4n) is 2.92. The number of carbonyl (C=O) groups excluding carboxylic acids is 1. The second kappa shape index (κ2) is 7.96. The smallest absolute Gasteiger partial charge is 0.341 e. The molecule has 1 unspecified atom stereocenters. The molecule has 0 saturated heterocycles. The van der Waals surface area contributed by atoms with Gasteiger partial charge in [-0.05, 0) is 24.6 Å². The Hall–Kier alpha value is -1.60. The summed E-state index contributed by atoms with van der Waals surface area (Å²) in [6.45, 7) is 3.91. The molecule has 2 aromatic rings. The first-order chi connectivity index (χ1) is 12.4. The van der Waals surface area contributed by atoms with E-state index in [0.29, 0.717) is 27.8 Å². The first kappa shape index (κ1) is 19.2. The zero-order chi connectivity index (χ0) is 18.8. The van der Waals surface area contributed by atoms with Crippen LogP contribution in [-0.2, 0) is 17.7 Å². The average Bonchev–Trinajstić information content (AvgIpc) is 2.94. The third-order valence-electron chi connectivity index (χ3n) is 4.19. The van der Waals surface area contributed by atoms with Crippen molar-refractivity contribution in [2.75, 3.05) is 20.2 Å². The SMILES string of the molecule is CCOC(=O)c1c(/N=C/c2cc(Cl)cc(Cl)c2O)sc2c1CC[NH+](C)C2. The summed E-state index contributed by atoms with van der Waals surface area (Å²) in [5.41, 5.74) is 1.95. The summed E-state index contributed by atoms with van der Waals surface area (Å²) in [6.07, 6.45) is 2.29. The standard InChI is InChI=1S/C18H18Cl2N2O3S/c1-3-25-18(24)15-12-4-5-22(2)9-14(12)26-17(15)21-8-10-6-11(19)7-13(20)16(10)23/h6-8,23H,3-5,9H2,1-2H3/p+1/b21-8+. The lowest BCUT2D eigenvalue weighted by Crippen LogP contribution is -3.08. The van der Waals surface area contributed by atoms with Crippen molar-refractivity contribution in [3.63, 3.8) is 0 Å². The molecule has 2 heterocycles. The van der Waals surface area contributed by atoms with E-state index in [1.165, 1.54) is 28.5 Å². The summed E-state index contributed by atoms with van der Waals surface area (Å²) in [6, 6.07) is 3.03. The number of hydrogen-bond donors (Lipinski definition) is 2. The van der Waals surface area contributed by atoms with E-state index < -0.39 is 0 Å². The number of halogens is 2. The maximum Gasteiger partial charge on any atom is 0.341 e. The molecular formula is C18H19Cl2N2O3S+. The van der Waals surface area contributed by atoms with Crippen molar-refractivity contribution in [2.45, 2.75) is 19.9 Å². The minimum absolute atomic E-state index is 0.0944. The highest BCUT2D eigenvalue weighted by Crippen LogP contribution is 2.38. The zero-order valence-electron chi connectivity index (χ0n) is 14.4. The first-order valence-corrected chi connectivity index (χ1v) is 9.83. The Morgan fingerprint density at radius 3 is 2.96 bits per heavy atom. The molecule has 0 bridgehead atoms. The van der Waals surface area contributed by atoms with Gasteiger partial charge in [0.25, 0.3) is 0 Å². The highest BCUT2D eigenvalue weighted by molar-refractivity contribution is 7.16. The van der Waals surface area contributed by atoms with Crippen molar-refractivity contribution < 1.29 is 19.5 Å². The van der Waals surface area contributed by atoms with Crippen molar-refractivity contribution in [2.24, 2.45) is 4.99 Å². The molecule has 1 aliphatic rings. The number of phenolic OH excluding ortho intramolecular Hbond substituents is 1. The topological polar surface area (TPSA) is 63.3 Å². The van der Waals surface area contributed by atoms with E-state index in [1.54, 1.807) is 13.0 Å². The van der Waals surface area contributed by atoms with Crippen molar-refractivity contribution in [3.8, 4) is 5.75 Å². The van der Waals surface area contributed by atoms with Gasteiger partial charge in [0.15, 0.2) is 0 Å². The number of thiophene rings is 1. The second-order valence-electron chi connectivity index (χ2n) is 6.12. The van der Waals surface area contributed by atoms with Gasteiger partial charge in [-0.3, -0.25) is 0 Å². The molecular weight excluding hydrogens is 395 g/mol. The van der Waals surface area contributed by atoms with Gasteiger partial charge in [0.2, 0.25) is 0 Å². The van der Waals surface area contributed by atoms with Crippen LogP contribution in [0.2, 0.25) is 10.0 Å². The summed E-state index contributed by atoms with van der Waals surface area (Å²) in [5, 5.41) is 11.2. The molecule has 0 radical (unpaired) electrons. The Morgan fingerprint density at radius 2 is 2.23 bits per heavy atom. The van der Waals surface area contributed by atoms with Gasteiger partial charge in [0, 0.05) is 23.2 Å². The van der Waals surface area contributed by atoms with Crippen LogP contribution in [0.15, 0.2) is 17.1 Å². The van der Waals surface area contributed by atoms with E-state index in [0.717, 1.165) is 30.0 Å². The summed E-state index contributed by atoms with van der Waals surface area (Å²) >= 11 is 13.4. The number of benzene rings is 1. The number of quaternary nitrogens is 1. The van der Waals surface area contributed by atoms with Crippen LogP contribution < -0.4 is 4.90 Å². The van der Waals surface area contributed by atoms with Crippen molar-refractivity contribution in [1.29, 1.82) is 0 Å². The maximum absolute atomic E-state index is 12.5. The molecule has 1 aromatic carbocycles.